The zero-order valence-electron chi connectivity index (χ0n) is 18.0. The first-order valence-electron chi connectivity index (χ1n) is 10.2. The molecule has 3 heterocycles. The number of pyridine rings is 2. The molecule has 0 atom stereocenters. The van der Waals surface area contributed by atoms with E-state index < -0.39 is 5.92 Å². The first-order valence-corrected chi connectivity index (χ1v) is 10.2. The zero-order chi connectivity index (χ0) is 21.6. The second-order valence-corrected chi connectivity index (χ2v) is 7.53. The van der Waals surface area contributed by atoms with Crippen LogP contribution in [0.2, 0.25) is 0 Å². The Morgan fingerprint density at radius 1 is 0.867 bits per heavy atom. The van der Waals surface area contributed by atoms with Crippen LogP contribution >= 0.6 is 0 Å². The lowest BCUT2D eigenvalue weighted by molar-refractivity contribution is 0.414. The van der Waals surface area contributed by atoms with Gasteiger partial charge in [-0.25, -0.2) is 0 Å². The zero-order valence-corrected chi connectivity index (χ0v) is 18.0. The fourth-order valence-corrected chi connectivity index (χ4v) is 4.39. The average molecular weight is 406 g/mol. The molecule has 156 valence electrons. The Morgan fingerprint density at radius 2 is 1.33 bits per heavy atom. The van der Waals surface area contributed by atoms with Crippen LogP contribution in [0.15, 0.2) is 46.0 Å². The monoisotopic (exact) mass is 406 g/mol. The summed E-state index contributed by atoms with van der Waals surface area (Å²) in [6, 6.07) is 11.3. The summed E-state index contributed by atoms with van der Waals surface area (Å²) in [6.07, 6.45) is 0. The Bertz CT molecular complexity index is 1160. The number of hydrogen-bond acceptors (Lipinski definition) is 4. The van der Waals surface area contributed by atoms with Crippen LogP contribution in [0.1, 0.15) is 47.8 Å². The van der Waals surface area contributed by atoms with Gasteiger partial charge in [-0.05, 0) is 45.4 Å². The molecule has 1 aromatic carbocycles. The van der Waals surface area contributed by atoms with Crippen molar-refractivity contribution in [2.75, 3.05) is 7.11 Å². The van der Waals surface area contributed by atoms with Gasteiger partial charge in [-0.15, -0.1) is 0 Å². The molecule has 2 aromatic heterocycles. The molecule has 6 nitrogen and oxygen atoms in total. The molecular weight excluding hydrogens is 380 g/mol. The van der Waals surface area contributed by atoms with Crippen molar-refractivity contribution in [3.63, 3.8) is 0 Å². The highest BCUT2D eigenvalue weighted by Crippen LogP contribution is 2.45. The number of aryl methyl sites for hydroxylation is 2. The third-order valence-electron chi connectivity index (χ3n) is 5.89. The van der Waals surface area contributed by atoms with Gasteiger partial charge in [-0.2, -0.15) is 0 Å². The summed E-state index contributed by atoms with van der Waals surface area (Å²) in [5.41, 5.74) is 3.28. The van der Waals surface area contributed by atoms with Crippen molar-refractivity contribution in [2.24, 2.45) is 0 Å². The second kappa shape index (κ2) is 7.52. The van der Waals surface area contributed by atoms with E-state index in [1.807, 2.05) is 64.1 Å². The van der Waals surface area contributed by atoms with Gasteiger partial charge in [0.25, 0.3) is 11.1 Å². The molecule has 0 unspecified atom stereocenters. The highest BCUT2D eigenvalue weighted by molar-refractivity contribution is 5.58. The molecular formula is C24H26N2O4. The summed E-state index contributed by atoms with van der Waals surface area (Å²) >= 11 is 0. The number of aromatic nitrogens is 2. The van der Waals surface area contributed by atoms with Crippen molar-refractivity contribution in [1.29, 1.82) is 0 Å². The number of rotatable bonds is 4. The van der Waals surface area contributed by atoms with Gasteiger partial charge in [0.15, 0.2) is 0 Å². The third-order valence-corrected chi connectivity index (χ3v) is 5.89. The maximum atomic E-state index is 13.5. The largest absolute Gasteiger partial charge is 0.497 e. The number of benzene rings is 1. The van der Waals surface area contributed by atoms with E-state index in [9.17, 15) is 9.59 Å². The molecule has 0 aliphatic carbocycles. The highest BCUT2D eigenvalue weighted by atomic mass is 16.5. The Kier molecular flexibility index (Phi) is 5.02. The minimum atomic E-state index is -0.508. The smallest absolute Gasteiger partial charge is 0.258 e. The SMILES string of the molecule is CCn1c(C)cc2c(c1=O)C(c1ccc(OC)cc1)c1c(cc(C)n(CC)c1=O)O2. The molecule has 1 aliphatic heterocycles. The third kappa shape index (κ3) is 2.95. The van der Waals surface area contributed by atoms with Crippen LogP contribution in [0.5, 0.6) is 17.2 Å². The number of fused-ring (bicyclic) bond motifs is 2. The number of hydrogen-bond donors (Lipinski definition) is 0. The lowest BCUT2D eigenvalue weighted by atomic mass is 9.83. The van der Waals surface area contributed by atoms with Gasteiger partial charge in [0, 0.05) is 36.6 Å². The fourth-order valence-electron chi connectivity index (χ4n) is 4.39. The van der Waals surface area contributed by atoms with Crippen LogP contribution in [-0.4, -0.2) is 16.2 Å². The summed E-state index contributed by atoms with van der Waals surface area (Å²) in [7, 11) is 1.61. The van der Waals surface area contributed by atoms with Gasteiger partial charge in [0.1, 0.15) is 17.2 Å². The van der Waals surface area contributed by atoms with Gasteiger partial charge in [0.2, 0.25) is 0 Å². The van der Waals surface area contributed by atoms with E-state index in [-0.39, 0.29) is 11.1 Å². The molecule has 1 aliphatic rings. The Labute approximate surface area is 175 Å². The van der Waals surface area contributed by atoms with Crippen molar-refractivity contribution >= 4 is 0 Å². The Morgan fingerprint density at radius 3 is 1.73 bits per heavy atom. The summed E-state index contributed by atoms with van der Waals surface area (Å²) in [5, 5.41) is 0. The standard InChI is InChI=1S/C24H26N2O4/c1-6-25-14(3)12-18-21(23(25)27)20(16-8-10-17(29-5)11-9-16)22-19(30-18)13-15(4)26(7-2)24(22)28/h8-13,20H,6-7H2,1-5H3. The Balaban J connectivity index is 2.09. The lowest BCUT2D eigenvalue weighted by Gasteiger charge is -2.29. The fraction of sp³-hybridized carbons (Fsp3) is 0.333. The van der Waals surface area contributed by atoms with Crippen LogP contribution in [0.4, 0.5) is 0 Å². The molecule has 0 fully saturated rings. The number of nitrogens with zero attached hydrogens (tertiary/aromatic N) is 2. The molecule has 0 N–H and O–H groups in total. The molecule has 3 aromatic rings. The van der Waals surface area contributed by atoms with Crippen LogP contribution in [-0.2, 0) is 13.1 Å². The predicted molar refractivity (Wildman–Crippen MR) is 116 cm³/mol. The molecule has 4 rings (SSSR count). The van der Waals surface area contributed by atoms with Crippen LogP contribution in [0, 0.1) is 13.8 Å². The first kappa shape index (κ1) is 20.0. The van der Waals surface area contributed by atoms with Gasteiger partial charge in [-0.3, -0.25) is 9.59 Å². The van der Waals surface area contributed by atoms with Gasteiger partial charge < -0.3 is 18.6 Å². The van der Waals surface area contributed by atoms with Crippen molar-refractivity contribution in [2.45, 2.75) is 46.7 Å². The average Bonchev–Trinajstić information content (AvgIpc) is 2.73. The summed E-state index contributed by atoms with van der Waals surface area (Å²) in [5.74, 6) is 1.24. The summed E-state index contributed by atoms with van der Waals surface area (Å²) in [6.45, 7) is 8.77. The molecule has 6 heteroatoms. The number of ether oxygens (including phenoxy) is 2. The Hall–Kier alpha value is -3.28. The molecule has 0 bridgehead atoms. The molecule has 0 amide bonds. The van der Waals surface area contributed by atoms with Crippen LogP contribution in [0.3, 0.4) is 0 Å². The second-order valence-electron chi connectivity index (χ2n) is 7.53. The maximum absolute atomic E-state index is 13.5. The van der Waals surface area contributed by atoms with E-state index in [4.69, 9.17) is 9.47 Å². The van der Waals surface area contributed by atoms with Gasteiger partial charge >= 0.3 is 0 Å². The van der Waals surface area contributed by atoms with Crippen molar-refractivity contribution in [3.05, 3.63) is 85.2 Å². The van der Waals surface area contributed by atoms with E-state index in [1.54, 1.807) is 16.2 Å². The quantitative estimate of drug-likeness (QED) is 0.515. The molecule has 30 heavy (non-hydrogen) atoms. The molecule has 0 saturated heterocycles. The minimum absolute atomic E-state index is 0.123. The molecule has 0 saturated carbocycles. The summed E-state index contributed by atoms with van der Waals surface area (Å²) in [4.78, 5) is 26.9. The predicted octanol–water partition coefficient (Wildman–Crippen LogP) is 3.96. The van der Waals surface area contributed by atoms with Crippen LogP contribution in [0.25, 0.3) is 0 Å². The van der Waals surface area contributed by atoms with E-state index in [0.717, 1.165) is 22.7 Å². The topological polar surface area (TPSA) is 62.5 Å². The van der Waals surface area contributed by atoms with Crippen LogP contribution < -0.4 is 20.6 Å². The van der Waals surface area contributed by atoms with E-state index >= 15 is 0 Å². The minimum Gasteiger partial charge on any atom is -0.497 e. The van der Waals surface area contributed by atoms with Crippen molar-refractivity contribution in [1.82, 2.24) is 9.13 Å². The van der Waals surface area contributed by atoms with E-state index in [1.165, 1.54) is 0 Å². The normalized spacial score (nSPS) is 12.8. The van der Waals surface area contributed by atoms with Crippen molar-refractivity contribution < 1.29 is 9.47 Å². The first-order chi connectivity index (χ1) is 14.4. The highest BCUT2D eigenvalue weighted by Gasteiger charge is 2.35. The summed E-state index contributed by atoms with van der Waals surface area (Å²) < 4.78 is 14.9. The lowest BCUT2D eigenvalue weighted by Crippen LogP contribution is -2.35. The van der Waals surface area contributed by atoms with E-state index in [0.29, 0.717) is 35.7 Å². The van der Waals surface area contributed by atoms with Crippen molar-refractivity contribution in [3.8, 4) is 17.2 Å². The molecule has 0 radical (unpaired) electrons. The van der Waals surface area contributed by atoms with Gasteiger partial charge in [0.05, 0.1) is 24.2 Å². The number of methoxy groups -OCH3 is 1. The maximum Gasteiger partial charge on any atom is 0.258 e. The molecule has 0 spiro atoms. The van der Waals surface area contributed by atoms with Gasteiger partial charge in [-0.1, -0.05) is 12.1 Å². The van der Waals surface area contributed by atoms with E-state index in [2.05, 4.69) is 0 Å².